The number of esters is 1. The van der Waals surface area contributed by atoms with Crippen molar-refractivity contribution < 1.29 is 38.0 Å². The molecule has 8 nitrogen and oxygen atoms in total. The third-order valence-electron chi connectivity index (χ3n) is 5.92. The van der Waals surface area contributed by atoms with Gasteiger partial charge in [0.05, 0.1) is 26.4 Å². The van der Waals surface area contributed by atoms with Crippen molar-refractivity contribution in [2.75, 3.05) is 20.3 Å². The third-order valence-corrected chi connectivity index (χ3v) is 5.92. The van der Waals surface area contributed by atoms with Crippen molar-refractivity contribution in [3.63, 3.8) is 0 Å². The largest absolute Gasteiger partial charge is 0.462 e. The Morgan fingerprint density at radius 1 is 0.971 bits per heavy atom. The van der Waals surface area contributed by atoms with Crippen LogP contribution in [0, 0.1) is 0 Å². The Bertz CT molecular complexity index is 908. The number of methoxy groups -OCH3 is 1. The molecular weight excluding hydrogens is 440 g/mol. The average molecular weight is 473 g/mol. The van der Waals surface area contributed by atoms with E-state index in [1.165, 1.54) is 0 Å². The molecular formula is C26H32O8. The molecule has 0 radical (unpaired) electrons. The number of rotatable bonds is 9. The van der Waals surface area contributed by atoms with Crippen LogP contribution in [0.3, 0.4) is 0 Å². The second kappa shape index (κ2) is 11.4. The van der Waals surface area contributed by atoms with Gasteiger partial charge in [-0.1, -0.05) is 60.7 Å². The molecule has 0 unspecified atom stereocenters. The van der Waals surface area contributed by atoms with Crippen LogP contribution in [0.5, 0.6) is 0 Å². The van der Waals surface area contributed by atoms with Gasteiger partial charge in [-0.3, -0.25) is 0 Å². The fourth-order valence-electron chi connectivity index (χ4n) is 4.15. The summed E-state index contributed by atoms with van der Waals surface area (Å²) in [6.45, 7) is 4.29. The van der Waals surface area contributed by atoms with Gasteiger partial charge in [0.25, 0.3) is 5.79 Å². The van der Waals surface area contributed by atoms with Gasteiger partial charge in [0.1, 0.15) is 24.4 Å². The molecule has 34 heavy (non-hydrogen) atoms. The summed E-state index contributed by atoms with van der Waals surface area (Å²) in [5.41, 5.74) is 2.01. The second-order valence-electron chi connectivity index (χ2n) is 8.36. The van der Waals surface area contributed by atoms with Crippen LogP contribution in [0.15, 0.2) is 60.7 Å². The molecule has 2 fully saturated rings. The van der Waals surface area contributed by atoms with E-state index in [0.29, 0.717) is 13.2 Å². The minimum atomic E-state index is -1.57. The summed E-state index contributed by atoms with van der Waals surface area (Å²) in [5.74, 6) is -2.16. The molecule has 0 saturated carbocycles. The van der Waals surface area contributed by atoms with Crippen LogP contribution in [-0.4, -0.2) is 62.8 Å². The first kappa shape index (κ1) is 24.8. The summed E-state index contributed by atoms with van der Waals surface area (Å²) in [6, 6.07) is 19.7. The van der Waals surface area contributed by atoms with Crippen LogP contribution >= 0.6 is 0 Å². The van der Waals surface area contributed by atoms with E-state index < -0.39 is 42.5 Å². The SMILES string of the molecule is CCOC(=O)[C@]1(C)OC[C@H]2O[C@H](OC)[C@@H](OCc3ccccc3)[C@@H](OCc3ccccc3)[C@@H]2O1. The Morgan fingerprint density at radius 2 is 1.56 bits per heavy atom. The summed E-state index contributed by atoms with van der Waals surface area (Å²) in [6.07, 6.45) is -3.06. The first-order valence-corrected chi connectivity index (χ1v) is 11.5. The van der Waals surface area contributed by atoms with E-state index in [1.54, 1.807) is 21.0 Å². The molecule has 6 atom stereocenters. The zero-order valence-corrected chi connectivity index (χ0v) is 19.8. The Hall–Kier alpha value is -2.33. The van der Waals surface area contributed by atoms with E-state index in [0.717, 1.165) is 11.1 Å². The van der Waals surface area contributed by atoms with Gasteiger partial charge in [-0.05, 0) is 18.1 Å². The molecule has 2 aliphatic heterocycles. The van der Waals surface area contributed by atoms with Crippen LogP contribution < -0.4 is 0 Å². The molecule has 0 aliphatic carbocycles. The maximum atomic E-state index is 12.6. The van der Waals surface area contributed by atoms with Gasteiger partial charge in [0.15, 0.2) is 6.29 Å². The van der Waals surface area contributed by atoms with Crippen molar-refractivity contribution in [2.24, 2.45) is 0 Å². The van der Waals surface area contributed by atoms with Crippen LogP contribution in [-0.2, 0) is 51.2 Å². The molecule has 0 amide bonds. The highest BCUT2D eigenvalue weighted by molar-refractivity contribution is 5.77. The van der Waals surface area contributed by atoms with E-state index in [2.05, 4.69) is 0 Å². The van der Waals surface area contributed by atoms with Crippen LogP contribution in [0.2, 0.25) is 0 Å². The Kier molecular flexibility index (Phi) is 8.31. The van der Waals surface area contributed by atoms with Crippen LogP contribution in [0.25, 0.3) is 0 Å². The van der Waals surface area contributed by atoms with E-state index in [9.17, 15) is 4.79 Å². The number of fused-ring (bicyclic) bond motifs is 1. The number of benzene rings is 2. The Balaban J connectivity index is 1.58. The van der Waals surface area contributed by atoms with Crippen molar-refractivity contribution >= 4 is 5.97 Å². The summed E-state index contributed by atoms with van der Waals surface area (Å²) < 4.78 is 41.5. The minimum Gasteiger partial charge on any atom is -0.462 e. The summed E-state index contributed by atoms with van der Waals surface area (Å²) in [7, 11) is 1.56. The van der Waals surface area contributed by atoms with Crippen molar-refractivity contribution in [1.29, 1.82) is 0 Å². The lowest BCUT2D eigenvalue weighted by molar-refractivity contribution is -0.385. The Morgan fingerprint density at radius 3 is 2.12 bits per heavy atom. The summed E-state index contributed by atoms with van der Waals surface area (Å²) in [5, 5.41) is 0. The number of carbonyl (C=O) groups is 1. The predicted octanol–water partition coefficient (Wildman–Crippen LogP) is 3.22. The summed E-state index contributed by atoms with van der Waals surface area (Å²) in [4.78, 5) is 12.6. The lowest BCUT2D eigenvalue weighted by Gasteiger charge is -2.50. The second-order valence-corrected chi connectivity index (χ2v) is 8.36. The van der Waals surface area contributed by atoms with Crippen molar-refractivity contribution in [3.8, 4) is 0 Å². The van der Waals surface area contributed by atoms with Crippen LogP contribution in [0.4, 0.5) is 0 Å². The normalized spacial score (nSPS) is 31.0. The van der Waals surface area contributed by atoms with Gasteiger partial charge in [-0.25, -0.2) is 4.79 Å². The van der Waals surface area contributed by atoms with E-state index >= 15 is 0 Å². The highest BCUT2D eigenvalue weighted by Crippen LogP contribution is 2.36. The molecule has 8 heteroatoms. The lowest BCUT2D eigenvalue weighted by atomic mass is 9.96. The smallest absolute Gasteiger partial charge is 0.366 e. The maximum absolute atomic E-state index is 12.6. The molecule has 2 saturated heterocycles. The number of hydrogen-bond acceptors (Lipinski definition) is 8. The number of ether oxygens (including phenoxy) is 7. The third kappa shape index (κ3) is 5.66. The fourth-order valence-corrected chi connectivity index (χ4v) is 4.15. The van der Waals surface area contributed by atoms with Gasteiger partial charge < -0.3 is 33.2 Å². The first-order valence-electron chi connectivity index (χ1n) is 11.5. The fraction of sp³-hybridized carbons (Fsp3) is 0.500. The molecule has 4 rings (SSSR count). The van der Waals surface area contributed by atoms with Crippen molar-refractivity contribution in [2.45, 2.75) is 63.6 Å². The van der Waals surface area contributed by atoms with Gasteiger partial charge in [0, 0.05) is 14.0 Å². The molecule has 184 valence electrons. The zero-order valence-electron chi connectivity index (χ0n) is 19.8. The molecule has 0 bridgehead atoms. The van der Waals surface area contributed by atoms with Gasteiger partial charge in [-0.15, -0.1) is 0 Å². The minimum absolute atomic E-state index is 0.121. The van der Waals surface area contributed by atoms with E-state index in [-0.39, 0.29) is 13.2 Å². The molecule has 2 aliphatic rings. The first-order chi connectivity index (χ1) is 16.5. The van der Waals surface area contributed by atoms with Crippen LogP contribution in [0.1, 0.15) is 25.0 Å². The number of carbonyl (C=O) groups excluding carboxylic acids is 1. The van der Waals surface area contributed by atoms with Gasteiger partial charge >= 0.3 is 5.97 Å². The average Bonchev–Trinajstić information content (AvgIpc) is 2.87. The maximum Gasteiger partial charge on any atom is 0.366 e. The lowest BCUT2D eigenvalue weighted by Crippen LogP contribution is -2.67. The quantitative estimate of drug-likeness (QED) is 0.515. The van der Waals surface area contributed by atoms with Crippen molar-refractivity contribution in [3.05, 3.63) is 71.8 Å². The molecule has 0 spiro atoms. The highest BCUT2D eigenvalue weighted by atomic mass is 16.8. The molecule has 0 aromatic heterocycles. The van der Waals surface area contributed by atoms with E-state index in [1.807, 2.05) is 60.7 Å². The molecule has 2 aromatic carbocycles. The van der Waals surface area contributed by atoms with Gasteiger partial charge in [-0.2, -0.15) is 0 Å². The zero-order chi connectivity index (χ0) is 24.0. The number of hydrogen-bond donors (Lipinski definition) is 0. The van der Waals surface area contributed by atoms with Crippen molar-refractivity contribution in [1.82, 2.24) is 0 Å². The summed E-state index contributed by atoms with van der Waals surface area (Å²) >= 11 is 0. The molecule has 2 heterocycles. The van der Waals surface area contributed by atoms with E-state index in [4.69, 9.17) is 33.2 Å². The standard InChI is InChI=1S/C26H32O8/c1-4-29-25(27)26(2)32-17-20-21(34-26)22(30-15-18-11-7-5-8-12-18)23(24(28-3)33-20)31-16-19-13-9-6-10-14-19/h5-14,20-24H,4,15-17H2,1-3H3/t20-,21-,22+,23+,24+,26-/m1/s1. The monoisotopic (exact) mass is 472 g/mol. The predicted molar refractivity (Wildman–Crippen MR) is 122 cm³/mol. The topological polar surface area (TPSA) is 81.7 Å². The molecule has 2 aromatic rings. The molecule has 0 N–H and O–H groups in total. The van der Waals surface area contributed by atoms with Gasteiger partial charge in [0.2, 0.25) is 0 Å². The Labute approximate surface area is 200 Å². The highest BCUT2D eigenvalue weighted by Gasteiger charge is 2.56.